The van der Waals surface area contributed by atoms with Crippen molar-refractivity contribution in [3.05, 3.63) is 29.8 Å². The number of aromatic nitrogens is 2. The third kappa shape index (κ3) is 2.01. The molecule has 1 saturated heterocycles. The third-order valence-corrected chi connectivity index (χ3v) is 4.34. The van der Waals surface area contributed by atoms with E-state index in [1.165, 1.54) is 12.1 Å². The number of nitrogens with two attached hydrogens (primary N) is 1. The Balaban J connectivity index is 2.18. The highest BCUT2D eigenvalue weighted by atomic mass is 19.1. The largest absolute Gasteiger partial charge is 0.381 e. The summed E-state index contributed by atoms with van der Waals surface area (Å²) in [7, 11) is 0. The number of aryl methyl sites for hydroxylation is 1. The zero-order valence-electron chi connectivity index (χ0n) is 11.7. The van der Waals surface area contributed by atoms with E-state index >= 15 is 0 Å². The second-order valence-electron chi connectivity index (χ2n) is 5.41. The van der Waals surface area contributed by atoms with Crippen LogP contribution in [0.2, 0.25) is 0 Å². The Kier molecular flexibility index (Phi) is 3.48. The Morgan fingerprint density at radius 3 is 2.80 bits per heavy atom. The molecule has 5 heteroatoms. The molecule has 1 aliphatic heterocycles. The fourth-order valence-electron chi connectivity index (χ4n) is 3.11. The van der Waals surface area contributed by atoms with Crippen LogP contribution < -0.4 is 5.73 Å². The number of nitrogens with zero attached hydrogens (tertiary/aromatic N) is 2. The molecule has 1 aromatic heterocycles. The molecule has 0 saturated carbocycles. The Morgan fingerprint density at radius 1 is 1.40 bits per heavy atom. The highest BCUT2D eigenvalue weighted by Gasteiger charge is 2.37. The number of imidazole rings is 1. The summed E-state index contributed by atoms with van der Waals surface area (Å²) in [4.78, 5) is 4.70. The van der Waals surface area contributed by atoms with Crippen molar-refractivity contribution in [1.82, 2.24) is 9.55 Å². The normalized spacial score (nSPS) is 18.6. The Morgan fingerprint density at radius 2 is 2.15 bits per heavy atom. The van der Waals surface area contributed by atoms with Crippen LogP contribution >= 0.6 is 0 Å². The number of hydrogen-bond acceptors (Lipinski definition) is 3. The molecule has 2 heterocycles. The van der Waals surface area contributed by atoms with Gasteiger partial charge in [0.15, 0.2) is 0 Å². The number of rotatable bonds is 3. The molecule has 0 unspecified atom stereocenters. The van der Waals surface area contributed by atoms with Crippen molar-refractivity contribution in [2.45, 2.75) is 31.7 Å². The van der Waals surface area contributed by atoms with Gasteiger partial charge in [0, 0.05) is 37.8 Å². The lowest BCUT2D eigenvalue weighted by Crippen LogP contribution is -2.42. The molecule has 0 atom stereocenters. The first-order valence-corrected chi connectivity index (χ1v) is 7.14. The van der Waals surface area contributed by atoms with Gasteiger partial charge in [0.25, 0.3) is 0 Å². The first kappa shape index (κ1) is 13.5. The van der Waals surface area contributed by atoms with Crippen molar-refractivity contribution in [2.75, 3.05) is 19.8 Å². The number of ether oxygens (including phenoxy) is 1. The van der Waals surface area contributed by atoms with Gasteiger partial charge in [-0.15, -0.1) is 0 Å². The Labute approximate surface area is 117 Å². The highest BCUT2D eigenvalue weighted by Crippen LogP contribution is 2.35. The second kappa shape index (κ2) is 5.14. The molecule has 1 fully saturated rings. The fourth-order valence-corrected chi connectivity index (χ4v) is 3.11. The molecule has 0 spiro atoms. The summed E-state index contributed by atoms with van der Waals surface area (Å²) in [6, 6.07) is 4.78. The molecule has 0 aliphatic carbocycles. The van der Waals surface area contributed by atoms with Crippen LogP contribution in [0, 0.1) is 5.82 Å². The molecular weight excluding hydrogens is 257 g/mol. The van der Waals surface area contributed by atoms with Gasteiger partial charge in [-0.25, -0.2) is 9.37 Å². The molecule has 4 nitrogen and oxygen atoms in total. The lowest BCUT2D eigenvalue weighted by molar-refractivity contribution is 0.0489. The summed E-state index contributed by atoms with van der Waals surface area (Å²) in [5.74, 6) is 0.727. The van der Waals surface area contributed by atoms with E-state index in [9.17, 15) is 4.39 Å². The topological polar surface area (TPSA) is 53.1 Å². The van der Waals surface area contributed by atoms with Crippen LogP contribution in [-0.2, 0) is 16.7 Å². The average molecular weight is 277 g/mol. The van der Waals surface area contributed by atoms with Crippen LogP contribution in [0.4, 0.5) is 4.39 Å². The zero-order valence-corrected chi connectivity index (χ0v) is 11.7. The summed E-state index contributed by atoms with van der Waals surface area (Å²) in [5.41, 5.74) is 7.60. The molecule has 2 aromatic rings. The summed E-state index contributed by atoms with van der Waals surface area (Å²) >= 11 is 0. The molecule has 1 aliphatic rings. The van der Waals surface area contributed by atoms with Gasteiger partial charge < -0.3 is 15.0 Å². The third-order valence-electron chi connectivity index (χ3n) is 4.34. The van der Waals surface area contributed by atoms with Crippen LogP contribution in [0.25, 0.3) is 11.0 Å². The van der Waals surface area contributed by atoms with E-state index in [0.717, 1.165) is 30.7 Å². The van der Waals surface area contributed by atoms with E-state index in [1.54, 1.807) is 6.07 Å². The van der Waals surface area contributed by atoms with Gasteiger partial charge in [-0.2, -0.15) is 0 Å². The first-order valence-electron chi connectivity index (χ1n) is 7.14. The van der Waals surface area contributed by atoms with E-state index < -0.39 is 0 Å². The smallest absolute Gasteiger partial charge is 0.125 e. The van der Waals surface area contributed by atoms with Gasteiger partial charge >= 0.3 is 0 Å². The van der Waals surface area contributed by atoms with Crippen molar-refractivity contribution >= 4 is 11.0 Å². The quantitative estimate of drug-likeness (QED) is 0.935. The number of benzene rings is 1. The van der Waals surface area contributed by atoms with Gasteiger partial charge in [0.2, 0.25) is 0 Å². The van der Waals surface area contributed by atoms with E-state index in [1.807, 2.05) is 0 Å². The van der Waals surface area contributed by atoms with E-state index in [2.05, 4.69) is 11.5 Å². The van der Waals surface area contributed by atoms with Crippen LogP contribution in [0.5, 0.6) is 0 Å². The van der Waals surface area contributed by atoms with Crippen LogP contribution in [0.1, 0.15) is 25.6 Å². The highest BCUT2D eigenvalue weighted by molar-refractivity contribution is 5.76. The summed E-state index contributed by atoms with van der Waals surface area (Å²) in [6.45, 7) is 4.84. The molecule has 0 bridgehead atoms. The molecule has 0 amide bonds. The van der Waals surface area contributed by atoms with Crippen LogP contribution in [0.3, 0.4) is 0 Å². The van der Waals surface area contributed by atoms with Gasteiger partial charge in [0.05, 0.1) is 11.0 Å². The van der Waals surface area contributed by atoms with Gasteiger partial charge in [-0.1, -0.05) is 0 Å². The maximum Gasteiger partial charge on any atom is 0.125 e. The Bertz CT molecular complexity index is 617. The van der Waals surface area contributed by atoms with Crippen LogP contribution in [0.15, 0.2) is 18.2 Å². The van der Waals surface area contributed by atoms with Crippen molar-refractivity contribution in [3.8, 4) is 0 Å². The first-order chi connectivity index (χ1) is 9.70. The second-order valence-corrected chi connectivity index (χ2v) is 5.41. The van der Waals surface area contributed by atoms with Crippen LogP contribution in [-0.4, -0.2) is 29.3 Å². The van der Waals surface area contributed by atoms with Crippen molar-refractivity contribution in [2.24, 2.45) is 5.73 Å². The van der Waals surface area contributed by atoms with Crippen molar-refractivity contribution in [3.63, 3.8) is 0 Å². The predicted octanol–water partition coefficient (Wildman–Crippen LogP) is 2.20. The minimum Gasteiger partial charge on any atom is -0.381 e. The number of fused-ring (bicyclic) bond motifs is 1. The molecule has 0 radical (unpaired) electrons. The fraction of sp³-hybridized carbons (Fsp3) is 0.533. The van der Waals surface area contributed by atoms with E-state index in [-0.39, 0.29) is 11.2 Å². The lowest BCUT2D eigenvalue weighted by Gasteiger charge is -2.35. The van der Waals surface area contributed by atoms with Crippen molar-refractivity contribution in [1.29, 1.82) is 0 Å². The molecule has 3 rings (SSSR count). The average Bonchev–Trinajstić information content (AvgIpc) is 2.86. The number of hydrogen-bond donors (Lipinski definition) is 1. The molecule has 108 valence electrons. The Hall–Kier alpha value is -1.46. The van der Waals surface area contributed by atoms with Crippen molar-refractivity contribution < 1.29 is 9.13 Å². The van der Waals surface area contributed by atoms with Gasteiger partial charge in [-0.3, -0.25) is 0 Å². The van der Waals surface area contributed by atoms with E-state index in [4.69, 9.17) is 15.5 Å². The van der Waals surface area contributed by atoms with Gasteiger partial charge in [-0.05, 0) is 31.9 Å². The maximum atomic E-state index is 13.4. The molecule has 1 aromatic carbocycles. The standard InChI is InChI=1S/C15H20FN3O/c1-2-19-13-4-3-11(16)9-12(13)18-14(19)15(10-17)5-7-20-8-6-15/h3-4,9H,2,5-8,10,17H2,1H3. The summed E-state index contributed by atoms with van der Waals surface area (Å²) in [6.07, 6.45) is 1.74. The predicted molar refractivity (Wildman–Crippen MR) is 76.2 cm³/mol. The monoisotopic (exact) mass is 277 g/mol. The SMILES string of the molecule is CCn1c(C2(CN)CCOCC2)nc2cc(F)ccc21. The molecule has 20 heavy (non-hydrogen) atoms. The minimum absolute atomic E-state index is 0.149. The lowest BCUT2D eigenvalue weighted by atomic mass is 9.79. The molecular formula is C15H20FN3O. The summed E-state index contributed by atoms with van der Waals surface area (Å²) in [5, 5.41) is 0. The maximum absolute atomic E-state index is 13.4. The zero-order chi connectivity index (χ0) is 14.2. The summed E-state index contributed by atoms with van der Waals surface area (Å²) < 4.78 is 21.0. The van der Waals surface area contributed by atoms with Gasteiger partial charge in [0.1, 0.15) is 11.6 Å². The molecule has 2 N–H and O–H groups in total. The van der Waals surface area contributed by atoms with E-state index in [0.29, 0.717) is 25.3 Å². The minimum atomic E-state index is -0.251. The number of halogens is 1.